The maximum absolute atomic E-state index is 12.7. The van der Waals surface area contributed by atoms with Gasteiger partial charge in [0.15, 0.2) is 0 Å². The Bertz CT molecular complexity index is 1170. The highest BCUT2D eigenvalue weighted by molar-refractivity contribution is 7.89. The standard InChI is InChI=1S/C27H32N2O4S/c1-4-5-18-33-25-14-12-23(13-15-25)21(3)29-27(30)24-10-8-22(9-11-24)19-28-34(31,32)26-16-6-20(2)7-17-26/h6-17,21,28H,4-5,18-19H2,1-3H3,(H,29,30). The van der Waals surface area contributed by atoms with Gasteiger partial charge in [0.25, 0.3) is 5.91 Å². The zero-order chi connectivity index (χ0) is 24.6. The minimum absolute atomic E-state index is 0.140. The largest absolute Gasteiger partial charge is 0.494 e. The second-order valence-corrected chi connectivity index (χ2v) is 10.1. The van der Waals surface area contributed by atoms with Crippen molar-refractivity contribution in [2.24, 2.45) is 0 Å². The fourth-order valence-electron chi connectivity index (χ4n) is 3.30. The number of aryl methyl sites for hydroxylation is 1. The second kappa shape index (κ2) is 11.8. The van der Waals surface area contributed by atoms with Crippen LogP contribution in [0.15, 0.2) is 77.7 Å². The summed E-state index contributed by atoms with van der Waals surface area (Å²) in [6.07, 6.45) is 2.11. The molecular weight excluding hydrogens is 448 g/mol. The van der Waals surface area contributed by atoms with Crippen molar-refractivity contribution in [3.8, 4) is 5.75 Å². The second-order valence-electron chi connectivity index (χ2n) is 8.30. The Labute approximate surface area is 202 Å². The molecular formula is C27H32N2O4S. The van der Waals surface area contributed by atoms with Crippen molar-refractivity contribution in [3.05, 3.63) is 95.1 Å². The van der Waals surface area contributed by atoms with Gasteiger partial charge < -0.3 is 10.1 Å². The van der Waals surface area contributed by atoms with Crippen molar-refractivity contribution >= 4 is 15.9 Å². The Morgan fingerprint density at radius 1 is 0.941 bits per heavy atom. The maximum Gasteiger partial charge on any atom is 0.251 e. The first kappa shape index (κ1) is 25.5. The SMILES string of the molecule is CCCCOc1ccc(C(C)NC(=O)c2ccc(CNS(=O)(=O)c3ccc(C)cc3)cc2)cc1. The lowest BCUT2D eigenvalue weighted by atomic mass is 10.1. The third kappa shape index (κ3) is 7.17. The average molecular weight is 481 g/mol. The van der Waals surface area contributed by atoms with Crippen LogP contribution in [0.4, 0.5) is 0 Å². The molecule has 34 heavy (non-hydrogen) atoms. The number of carbonyl (C=O) groups excluding carboxylic acids is 1. The van der Waals surface area contributed by atoms with Gasteiger partial charge in [-0.2, -0.15) is 0 Å². The summed E-state index contributed by atoms with van der Waals surface area (Å²) in [5.41, 5.74) is 3.25. The number of benzene rings is 3. The predicted octanol–water partition coefficient (Wildman–Crippen LogP) is 5.14. The summed E-state index contributed by atoms with van der Waals surface area (Å²) < 4.78 is 33.2. The first-order valence-electron chi connectivity index (χ1n) is 11.5. The van der Waals surface area contributed by atoms with E-state index in [1.165, 1.54) is 0 Å². The summed E-state index contributed by atoms with van der Waals surface area (Å²) in [5, 5.41) is 2.99. The number of hydrogen-bond acceptors (Lipinski definition) is 4. The van der Waals surface area contributed by atoms with Gasteiger partial charge in [-0.3, -0.25) is 4.79 Å². The smallest absolute Gasteiger partial charge is 0.251 e. The highest BCUT2D eigenvalue weighted by Gasteiger charge is 2.14. The molecule has 7 heteroatoms. The van der Waals surface area contributed by atoms with Crippen LogP contribution in [0.1, 0.15) is 59.8 Å². The van der Waals surface area contributed by atoms with Gasteiger partial charge in [-0.1, -0.05) is 55.3 Å². The molecule has 0 saturated heterocycles. The van der Waals surface area contributed by atoms with Crippen molar-refractivity contribution in [3.63, 3.8) is 0 Å². The molecule has 3 rings (SSSR count). The molecule has 0 aliphatic rings. The van der Waals surface area contributed by atoms with E-state index < -0.39 is 10.0 Å². The third-order valence-electron chi connectivity index (χ3n) is 5.51. The molecule has 1 amide bonds. The van der Waals surface area contributed by atoms with Crippen molar-refractivity contribution in [1.29, 1.82) is 0 Å². The first-order chi connectivity index (χ1) is 16.3. The van der Waals surface area contributed by atoms with Crippen molar-refractivity contribution < 1.29 is 17.9 Å². The van der Waals surface area contributed by atoms with Crippen LogP contribution < -0.4 is 14.8 Å². The predicted molar refractivity (Wildman–Crippen MR) is 134 cm³/mol. The van der Waals surface area contributed by atoms with E-state index in [2.05, 4.69) is 17.0 Å². The zero-order valence-corrected chi connectivity index (χ0v) is 20.7. The van der Waals surface area contributed by atoms with Crippen molar-refractivity contribution in [2.45, 2.75) is 51.1 Å². The topological polar surface area (TPSA) is 84.5 Å². The van der Waals surface area contributed by atoms with Crippen LogP contribution in [0.5, 0.6) is 5.75 Å². The van der Waals surface area contributed by atoms with Gasteiger partial charge in [-0.15, -0.1) is 0 Å². The summed E-state index contributed by atoms with van der Waals surface area (Å²) in [4.78, 5) is 12.9. The summed E-state index contributed by atoms with van der Waals surface area (Å²) in [6.45, 7) is 6.80. The molecule has 0 bridgehead atoms. The number of hydrogen-bond donors (Lipinski definition) is 2. The normalized spacial score (nSPS) is 12.2. The van der Waals surface area contributed by atoms with E-state index in [4.69, 9.17) is 4.74 Å². The molecule has 1 atom stereocenters. The van der Waals surface area contributed by atoms with Crippen LogP contribution >= 0.6 is 0 Å². The molecule has 0 saturated carbocycles. The molecule has 6 nitrogen and oxygen atoms in total. The molecule has 3 aromatic carbocycles. The number of carbonyl (C=O) groups is 1. The number of rotatable bonds is 11. The maximum atomic E-state index is 12.7. The minimum Gasteiger partial charge on any atom is -0.494 e. The molecule has 0 aromatic heterocycles. The molecule has 180 valence electrons. The lowest BCUT2D eigenvalue weighted by Gasteiger charge is -2.15. The zero-order valence-electron chi connectivity index (χ0n) is 19.9. The number of sulfonamides is 1. The van der Waals surface area contributed by atoms with Crippen LogP contribution in [0.25, 0.3) is 0 Å². The molecule has 1 unspecified atom stereocenters. The van der Waals surface area contributed by atoms with E-state index in [-0.39, 0.29) is 23.4 Å². The van der Waals surface area contributed by atoms with E-state index >= 15 is 0 Å². The Morgan fingerprint density at radius 3 is 2.21 bits per heavy atom. The molecule has 0 fully saturated rings. The van der Waals surface area contributed by atoms with Crippen molar-refractivity contribution in [2.75, 3.05) is 6.61 Å². The Balaban J connectivity index is 1.53. The van der Waals surface area contributed by atoms with Crippen LogP contribution in [0, 0.1) is 6.92 Å². The van der Waals surface area contributed by atoms with E-state index in [0.29, 0.717) is 12.2 Å². The van der Waals surface area contributed by atoms with Crippen molar-refractivity contribution in [1.82, 2.24) is 10.0 Å². The Kier molecular flexibility index (Phi) is 8.85. The van der Waals surface area contributed by atoms with Crippen LogP contribution in [-0.4, -0.2) is 20.9 Å². The van der Waals surface area contributed by atoms with Gasteiger partial charge >= 0.3 is 0 Å². The number of ether oxygens (including phenoxy) is 1. The molecule has 0 aliphatic carbocycles. The van der Waals surface area contributed by atoms with E-state index in [1.807, 2.05) is 38.1 Å². The van der Waals surface area contributed by atoms with Gasteiger partial charge in [0.1, 0.15) is 5.75 Å². The molecule has 3 aromatic rings. The Hall–Kier alpha value is -3.16. The molecule has 0 radical (unpaired) electrons. The average Bonchev–Trinajstić information content (AvgIpc) is 2.84. The van der Waals surface area contributed by atoms with Gasteiger partial charge in [0.2, 0.25) is 10.0 Å². The van der Waals surface area contributed by atoms with Gasteiger partial charge in [-0.25, -0.2) is 13.1 Å². The van der Waals surface area contributed by atoms with Crippen LogP contribution in [-0.2, 0) is 16.6 Å². The Morgan fingerprint density at radius 2 is 1.59 bits per heavy atom. The van der Waals surface area contributed by atoms with E-state index in [0.717, 1.165) is 35.3 Å². The summed E-state index contributed by atoms with van der Waals surface area (Å²) >= 11 is 0. The highest BCUT2D eigenvalue weighted by Crippen LogP contribution is 2.19. The quantitative estimate of drug-likeness (QED) is 0.372. The van der Waals surface area contributed by atoms with Gasteiger partial charge in [0, 0.05) is 12.1 Å². The van der Waals surface area contributed by atoms with Crippen LogP contribution in [0.3, 0.4) is 0 Å². The lowest BCUT2D eigenvalue weighted by molar-refractivity contribution is 0.0940. The number of nitrogens with one attached hydrogen (secondary N) is 2. The monoisotopic (exact) mass is 480 g/mol. The first-order valence-corrected chi connectivity index (χ1v) is 13.0. The minimum atomic E-state index is -3.60. The fraction of sp³-hybridized carbons (Fsp3) is 0.296. The molecule has 2 N–H and O–H groups in total. The van der Waals surface area contributed by atoms with Gasteiger partial charge in [-0.05, 0) is 67.8 Å². The van der Waals surface area contributed by atoms with E-state index in [9.17, 15) is 13.2 Å². The fourth-order valence-corrected chi connectivity index (χ4v) is 4.32. The number of amides is 1. The van der Waals surface area contributed by atoms with Gasteiger partial charge in [0.05, 0.1) is 17.5 Å². The summed E-state index contributed by atoms with van der Waals surface area (Å²) in [5.74, 6) is 0.631. The highest BCUT2D eigenvalue weighted by atomic mass is 32.2. The summed E-state index contributed by atoms with van der Waals surface area (Å²) in [7, 11) is -3.60. The van der Waals surface area contributed by atoms with E-state index in [1.54, 1.807) is 48.5 Å². The summed E-state index contributed by atoms with van der Waals surface area (Å²) in [6, 6.07) is 21.2. The molecule has 0 aliphatic heterocycles. The van der Waals surface area contributed by atoms with Crippen LogP contribution in [0.2, 0.25) is 0 Å². The number of unbranched alkanes of at least 4 members (excludes halogenated alkanes) is 1. The molecule has 0 spiro atoms. The lowest BCUT2D eigenvalue weighted by Crippen LogP contribution is -2.26. The molecule has 0 heterocycles. The third-order valence-corrected chi connectivity index (χ3v) is 6.93.